The first-order valence-electron chi connectivity index (χ1n) is 7.03. The van der Waals surface area contributed by atoms with Gasteiger partial charge in [-0.1, -0.05) is 0 Å². The number of methoxy groups -OCH3 is 1. The number of hydrogen-bond donors (Lipinski definition) is 1. The van der Waals surface area contributed by atoms with Gasteiger partial charge in [0.15, 0.2) is 0 Å². The fourth-order valence-corrected chi connectivity index (χ4v) is 2.53. The third kappa shape index (κ3) is 2.36. The Morgan fingerprint density at radius 2 is 2.14 bits per heavy atom. The fourth-order valence-electron chi connectivity index (χ4n) is 2.53. The molecule has 0 unspecified atom stereocenters. The Bertz CT molecular complexity index is 806. The molecule has 114 valence electrons. The van der Waals surface area contributed by atoms with Crippen molar-refractivity contribution in [2.45, 2.75) is 25.7 Å². The molecule has 0 atom stereocenters. The highest BCUT2D eigenvalue weighted by molar-refractivity contribution is 5.87. The van der Waals surface area contributed by atoms with E-state index in [0.29, 0.717) is 17.5 Å². The Balaban J connectivity index is 2.26. The number of carboxylic acid groups (broad SMARTS) is 1. The molecule has 1 N–H and O–H groups in total. The number of aromatic nitrogens is 2. The third-order valence-corrected chi connectivity index (χ3v) is 3.85. The monoisotopic (exact) mass is 300 g/mol. The lowest BCUT2D eigenvalue weighted by atomic mass is 10.1. The lowest BCUT2D eigenvalue weighted by Gasteiger charge is -2.15. The van der Waals surface area contributed by atoms with Crippen molar-refractivity contribution in [3.05, 3.63) is 51.6 Å². The number of carbonyl (C=O) groups is 1. The van der Waals surface area contributed by atoms with Gasteiger partial charge < -0.3 is 9.84 Å². The van der Waals surface area contributed by atoms with Crippen LogP contribution in [0, 0.1) is 6.92 Å². The van der Waals surface area contributed by atoms with Crippen molar-refractivity contribution in [3.8, 4) is 11.6 Å². The predicted octanol–water partition coefficient (Wildman–Crippen LogP) is 2.13. The van der Waals surface area contributed by atoms with Crippen molar-refractivity contribution in [2.24, 2.45) is 0 Å². The lowest BCUT2D eigenvalue weighted by molar-refractivity contribution is 0.0694. The number of aryl methyl sites for hydroxylation is 1. The molecule has 0 spiro atoms. The second-order valence-electron chi connectivity index (χ2n) is 5.41. The molecule has 0 amide bonds. The number of pyridine rings is 2. The van der Waals surface area contributed by atoms with Crippen LogP contribution in [0.25, 0.3) is 5.69 Å². The van der Waals surface area contributed by atoms with Gasteiger partial charge in [0.05, 0.1) is 19.0 Å². The molecule has 0 saturated heterocycles. The maximum atomic E-state index is 12.6. The van der Waals surface area contributed by atoms with E-state index in [1.54, 1.807) is 18.3 Å². The second-order valence-corrected chi connectivity index (χ2v) is 5.41. The number of hydrogen-bond acceptors (Lipinski definition) is 4. The van der Waals surface area contributed by atoms with Crippen molar-refractivity contribution in [3.63, 3.8) is 0 Å². The SMILES string of the molecule is COc1cc(C)c(-n2c(C3CC3)ccc(C(=O)O)c2=O)cn1. The van der Waals surface area contributed by atoms with Gasteiger partial charge in [0.1, 0.15) is 5.56 Å². The van der Waals surface area contributed by atoms with E-state index in [9.17, 15) is 14.7 Å². The molecule has 6 heteroatoms. The Morgan fingerprint density at radius 3 is 2.68 bits per heavy atom. The van der Waals surface area contributed by atoms with Crippen LogP contribution in [0.15, 0.2) is 29.2 Å². The first kappa shape index (κ1) is 14.3. The van der Waals surface area contributed by atoms with E-state index in [-0.39, 0.29) is 5.56 Å². The van der Waals surface area contributed by atoms with Crippen LogP contribution in [0.3, 0.4) is 0 Å². The zero-order valence-electron chi connectivity index (χ0n) is 12.4. The maximum Gasteiger partial charge on any atom is 0.341 e. The Kier molecular flexibility index (Phi) is 3.44. The summed E-state index contributed by atoms with van der Waals surface area (Å²) in [5.41, 5.74) is 1.48. The van der Waals surface area contributed by atoms with Gasteiger partial charge in [-0.3, -0.25) is 9.36 Å². The Labute approximate surface area is 127 Å². The van der Waals surface area contributed by atoms with Gasteiger partial charge in [-0.25, -0.2) is 9.78 Å². The highest BCUT2D eigenvalue weighted by atomic mass is 16.5. The fraction of sp³-hybridized carbons (Fsp3) is 0.312. The minimum Gasteiger partial charge on any atom is -0.481 e. The van der Waals surface area contributed by atoms with Crippen LogP contribution >= 0.6 is 0 Å². The van der Waals surface area contributed by atoms with Crippen LogP contribution in [-0.4, -0.2) is 27.7 Å². The first-order valence-corrected chi connectivity index (χ1v) is 7.03. The average Bonchev–Trinajstić information content (AvgIpc) is 3.31. The summed E-state index contributed by atoms with van der Waals surface area (Å²) in [6, 6.07) is 4.85. The van der Waals surface area contributed by atoms with Crippen molar-refractivity contribution < 1.29 is 14.6 Å². The predicted molar refractivity (Wildman–Crippen MR) is 80.1 cm³/mol. The minimum absolute atomic E-state index is 0.236. The minimum atomic E-state index is -1.22. The van der Waals surface area contributed by atoms with Crippen LogP contribution in [0.4, 0.5) is 0 Å². The van der Waals surface area contributed by atoms with Crippen molar-refractivity contribution in [2.75, 3.05) is 7.11 Å². The molecule has 1 saturated carbocycles. The van der Waals surface area contributed by atoms with Gasteiger partial charge in [-0.2, -0.15) is 0 Å². The molecule has 2 aromatic heterocycles. The van der Waals surface area contributed by atoms with E-state index in [0.717, 1.165) is 24.1 Å². The van der Waals surface area contributed by atoms with Crippen molar-refractivity contribution in [1.82, 2.24) is 9.55 Å². The Morgan fingerprint density at radius 1 is 1.41 bits per heavy atom. The first-order chi connectivity index (χ1) is 10.5. The van der Waals surface area contributed by atoms with E-state index < -0.39 is 11.5 Å². The van der Waals surface area contributed by atoms with E-state index >= 15 is 0 Å². The van der Waals surface area contributed by atoms with E-state index in [2.05, 4.69) is 4.98 Å². The summed E-state index contributed by atoms with van der Waals surface area (Å²) in [6.45, 7) is 1.84. The number of carboxylic acids is 1. The van der Waals surface area contributed by atoms with E-state index in [1.807, 2.05) is 6.92 Å². The van der Waals surface area contributed by atoms with E-state index in [4.69, 9.17) is 4.74 Å². The van der Waals surface area contributed by atoms with Crippen molar-refractivity contribution in [1.29, 1.82) is 0 Å². The van der Waals surface area contributed by atoms with E-state index in [1.165, 1.54) is 17.7 Å². The third-order valence-electron chi connectivity index (χ3n) is 3.85. The van der Waals surface area contributed by atoms with Gasteiger partial charge >= 0.3 is 5.97 Å². The molecule has 6 nitrogen and oxygen atoms in total. The maximum absolute atomic E-state index is 12.6. The number of rotatable bonds is 4. The normalized spacial score (nSPS) is 13.9. The molecule has 1 aliphatic rings. The summed E-state index contributed by atoms with van der Waals surface area (Å²) in [5.74, 6) is -0.464. The summed E-state index contributed by atoms with van der Waals surface area (Å²) in [4.78, 5) is 28.0. The molecular formula is C16H16N2O4. The molecule has 1 fully saturated rings. The molecule has 1 aliphatic carbocycles. The number of ether oxygens (including phenoxy) is 1. The number of nitrogens with zero attached hydrogens (tertiary/aromatic N) is 2. The van der Waals surface area contributed by atoms with Crippen LogP contribution in [0.2, 0.25) is 0 Å². The van der Waals surface area contributed by atoms with Gasteiger partial charge in [-0.05, 0) is 43.4 Å². The Hall–Kier alpha value is -2.63. The zero-order chi connectivity index (χ0) is 15.9. The van der Waals surface area contributed by atoms with Crippen LogP contribution in [-0.2, 0) is 0 Å². The topological polar surface area (TPSA) is 81.4 Å². The summed E-state index contributed by atoms with van der Waals surface area (Å²) >= 11 is 0. The zero-order valence-corrected chi connectivity index (χ0v) is 12.4. The summed E-state index contributed by atoms with van der Waals surface area (Å²) in [7, 11) is 1.52. The van der Waals surface area contributed by atoms with Crippen molar-refractivity contribution >= 4 is 5.97 Å². The van der Waals surface area contributed by atoms with Gasteiger partial charge in [0.25, 0.3) is 5.56 Å². The number of aromatic carboxylic acids is 1. The smallest absolute Gasteiger partial charge is 0.341 e. The summed E-state index contributed by atoms with van der Waals surface area (Å²) in [6.07, 6.45) is 3.57. The highest BCUT2D eigenvalue weighted by Gasteiger charge is 2.29. The van der Waals surface area contributed by atoms with Crippen LogP contribution in [0.5, 0.6) is 5.88 Å². The molecule has 0 aromatic carbocycles. The standard InChI is InChI=1S/C16H16N2O4/c1-9-7-14(22-2)17-8-13(9)18-12(10-3-4-10)6-5-11(15(18)19)16(20)21/h5-8,10H,3-4H2,1-2H3,(H,20,21). The molecule has 3 rings (SSSR count). The average molecular weight is 300 g/mol. The molecular weight excluding hydrogens is 284 g/mol. The largest absolute Gasteiger partial charge is 0.481 e. The van der Waals surface area contributed by atoms with Gasteiger partial charge in [0.2, 0.25) is 5.88 Å². The molecule has 0 radical (unpaired) electrons. The molecule has 2 aromatic rings. The molecule has 0 aliphatic heterocycles. The second kappa shape index (κ2) is 5.29. The lowest BCUT2D eigenvalue weighted by Crippen LogP contribution is -2.28. The summed E-state index contributed by atoms with van der Waals surface area (Å²) < 4.78 is 6.55. The molecule has 22 heavy (non-hydrogen) atoms. The molecule has 2 heterocycles. The molecule has 0 bridgehead atoms. The van der Waals surface area contributed by atoms with Gasteiger partial charge in [-0.15, -0.1) is 0 Å². The van der Waals surface area contributed by atoms with Gasteiger partial charge in [0, 0.05) is 11.8 Å². The van der Waals surface area contributed by atoms with Crippen LogP contribution < -0.4 is 10.3 Å². The highest BCUT2D eigenvalue weighted by Crippen LogP contribution is 2.40. The van der Waals surface area contributed by atoms with Crippen LogP contribution in [0.1, 0.15) is 40.4 Å². The quantitative estimate of drug-likeness (QED) is 0.935. The summed E-state index contributed by atoms with van der Waals surface area (Å²) in [5, 5.41) is 9.18.